The molecule has 0 amide bonds. The fourth-order valence-corrected chi connectivity index (χ4v) is 2.16. The Balaban J connectivity index is -0.0000000684. The fourth-order valence-electron chi connectivity index (χ4n) is 2.16. The van der Waals surface area contributed by atoms with Gasteiger partial charge in [-0.3, -0.25) is 4.79 Å². The number of esters is 1. The molecule has 323 valence electrons. The molecule has 5 unspecified atom stereocenters. The number of halogens is 21. The van der Waals surface area contributed by atoms with Crippen molar-refractivity contribution in [2.45, 2.75) is 136 Å². The van der Waals surface area contributed by atoms with Crippen molar-refractivity contribution in [3.63, 3.8) is 0 Å². The predicted octanol–water partition coefficient (Wildman–Crippen LogP) is 11.6. The second-order valence-electron chi connectivity index (χ2n) is 9.81. The third-order valence-corrected chi connectivity index (χ3v) is 5.38. The van der Waals surface area contributed by atoms with E-state index in [9.17, 15) is 70.7 Å². The third kappa shape index (κ3) is 35.2. The number of aliphatic hydroxyl groups excluding tert-OH is 1. The first kappa shape index (κ1) is 72.8. The first-order valence-electron chi connectivity index (χ1n) is 13.5. The summed E-state index contributed by atoms with van der Waals surface area (Å²) in [5.74, 6) is -24.6. The number of carbonyl (C=O) groups excluding carboxylic acids is 1. The molecule has 3 nitrogen and oxygen atoms in total. The van der Waals surface area contributed by atoms with E-state index in [1.54, 1.807) is 16.8 Å². The first-order valence-corrected chi connectivity index (χ1v) is 31.8. The molecular weight excluding hydrogens is 1490 g/mol. The van der Waals surface area contributed by atoms with Crippen LogP contribution in [0, 0.1) is 0 Å². The monoisotopic (exact) mass is 1530 g/mol. The number of allylic oxidation sites excluding steroid dienone is 3. The maximum atomic E-state index is 13.6. The molecule has 0 heterocycles. The van der Waals surface area contributed by atoms with Crippen LogP contribution < -0.4 is 13.3 Å². The summed E-state index contributed by atoms with van der Waals surface area (Å²) in [6.07, 6.45) is -9.00. The second-order valence-corrected chi connectivity index (χ2v) is 26.1. The van der Waals surface area contributed by atoms with Crippen LogP contribution in [-0.4, -0.2) is 66.0 Å². The summed E-state index contributed by atoms with van der Waals surface area (Å²) in [7, 11) is 1.67. The molecule has 26 heteroatoms. The topological polar surface area (TPSA) is 46.5 Å². The van der Waals surface area contributed by atoms with Crippen LogP contribution in [0.1, 0.15) is 82.1 Å². The third-order valence-electron chi connectivity index (χ3n) is 5.38. The van der Waals surface area contributed by atoms with Crippen LogP contribution in [0.5, 0.6) is 0 Å². The van der Waals surface area contributed by atoms with Crippen LogP contribution in [0.4, 0.5) is 65.9 Å². The van der Waals surface area contributed by atoms with Gasteiger partial charge in [0.25, 0.3) is 11.8 Å². The Bertz CT molecular complexity index is 961. The zero-order chi connectivity index (χ0) is 43.6. The van der Waals surface area contributed by atoms with Crippen molar-refractivity contribution in [3.05, 3.63) is 23.6 Å². The van der Waals surface area contributed by atoms with E-state index in [0.29, 0.717) is 13.3 Å². The summed E-state index contributed by atoms with van der Waals surface area (Å²) < 4.78 is 194. The van der Waals surface area contributed by atoms with Crippen molar-refractivity contribution in [3.8, 4) is 0 Å². The maximum absolute atomic E-state index is 13.6. The van der Waals surface area contributed by atoms with E-state index >= 15 is 0 Å². The molecule has 1 N–H and O–H groups in total. The number of carbonyl (C=O) groups is 1. The van der Waals surface area contributed by atoms with E-state index in [-0.39, 0.29) is 69.4 Å². The van der Waals surface area contributed by atoms with Gasteiger partial charge in [-0.2, -0.15) is 49.4 Å². The Morgan fingerprint density at radius 1 is 0.865 bits per heavy atom. The molecule has 0 spiro atoms. The molecule has 0 fully saturated rings. The molecule has 0 aromatic heterocycles. The number of ether oxygens (including phenoxy) is 1. The van der Waals surface area contributed by atoms with Crippen molar-refractivity contribution >= 4 is 114 Å². The number of alkyl halides is 12. The number of aliphatic hydroxyl groups is 1. The molecule has 0 aliphatic carbocycles. The smallest absolute Gasteiger partial charge is 0.0511 e. The first-order chi connectivity index (χ1) is 22.6. The van der Waals surface area contributed by atoms with Gasteiger partial charge in [-0.25, -0.2) is 26.3 Å². The Morgan fingerprint density at radius 3 is 1.29 bits per heavy atom. The summed E-state index contributed by atoms with van der Waals surface area (Å²) in [6, 6.07) is 0. The van der Waals surface area contributed by atoms with Gasteiger partial charge < -0.3 is 9.84 Å². The standard InChI is InChI=1S/C10H15F5O2.C8H11F5.C4H3F5.C4H10O.I3.I2.HI.H3P.V/c1-5-8(3,17-6(2)16)10(14,15)7(11)9(4,12)13;1-4-5(2)8(12,13)6(9)7(3,10)11;1-4(8,9)2(5)3(6)7;1-3-4(2)5;1-3-2;1-2;;;/h7H,5H2,1-4H3;4,6H,1-3H3;1H3;4-5H,3H2,1-2H3;;;1H;1H3;/q;;;;-1;;;;/b;5-4-;;;;;;;/i;;;;;;;1D;. The number of hydrogen-bond donors (Lipinski definition) is 1. The molecule has 0 saturated heterocycles. The molecule has 0 saturated carbocycles. The van der Waals surface area contributed by atoms with Gasteiger partial charge in [-0.15, -0.1) is 24.0 Å². The molecular formula is C26H43F15I6O3PV-. The van der Waals surface area contributed by atoms with E-state index in [1.807, 2.05) is 6.92 Å². The van der Waals surface area contributed by atoms with Crippen molar-refractivity contribution in [2.75, 3.05) is 0 Å². The molecule has 0 rings (SSSR count). The zero-order valence-corrected chi connectivity index (χ0v) is 44.6. The van der Waals surface area contributed by atoms with Gasteiger partial charge in [0.05, 0.1) is 7.38 Å². The van der Waals surface area contributed by atoms with Crippen molar-refractivity contribution in [1.29, 1.82) is 1.28 Å². The molecule has 0 aliphatic rings. The molecule has 0 aliphatic heterocycles. The van der Waals surface area contributed by atoms with Crippen LogP contribution in [0.3, 0.4) is 0 Å². The van der Waals surface area contributed by atoms with Gasteiger partial charge in [-0.1, -0.05) is 19.9 Å². The fraction of sp³-hybridized carbons (Fsp3) is 0.808. The Kier molecular flexibility index (Phi) is 50.6. The van der Waals surface area contributed by atoms with Crippen LogP contribution >= 0.6 is 108 Å². The minimum Gasteiger partial charge on any atom is -0.153 e. The van der Waals surface area contributed by atoms with E-state index in [4.69, 9.17) is 6.39 Å². The molecule has 5 atom stereocenters. The minimum atomic E-state index is -4.48. The Labute approximate surface area is 382 Å². The van der Waals surface area contributed by atoms with E-state index in [2.05, 4.69) is 79.2 Å². The van der Waals surface area contributed by atoms with Crippen LogP contribution in [0.2, 0.25) is 0 Å². The maximum Gasteiger partial charge on any atom is 0.0511 e. The predicted molar refractivity (Wildman–Crippen MR) is 216 cm³/mol. The van der Waals surface area contributed by atoms with E-state index in [1.165, 1.54) is 13.8 Å². The van der Waals surface area contributed by atoms with E-state index in [0.717, 1.165) is 33.3 Å². The van der Waals surface area contributed by atoms with Crippen LogP contribution in [0.25, 0.3) is 0 Å². The van der Waals surface area contributed by atoms with Crippen LogP contribution in [0.15, 0.2) is 23.6 Å². The zero-order valence-electron chi connectivity index (χ0n) is 30.0. The minimum absolute atomic E-state index is 0. The van der Waals surface area contributed by atoms with Gasteiger partial charge in [-0.05, 0) is 46.1 Å². The van der Waals surface area contributed by atoms with Gasteiger partial charge in [0.1, 0.15) is 0 Å². The summed E-state index contributed by atoms with van der Waals surface area (Å²) >= 11 is 9.54. The van der Waals surface area contributed by atoms with Crippen LogP contribution in [-0.2, 0) is 28.1 Å². The van der Waals surface area contributed by atoms with E-state index < -0.39 is 77.4 Å². The van der Waals surface area contributed by atoms with Gasteiger partial charge in [0.15, 0.2) is 5.60 Å². The number of hydrogen-bond acceptors (Lipinski definition) is 3. The summed E-state index contributed by atoms with van der Waals surface area (Å²) in [5.41, 5.74) is -3.29. The van der Waals surface area contributed by atoms with Gasteiger partial charge >= 0.3 is 80.3 Å². The Morgan fingerprint density at radius 2 is 1.15 bits per heavy atom. The average molecular weight is 1530 g/mol. The molecule has 0 bridgehead atoms. The van der Waals surface area contributed by atoms with Crippen molar-refractivity contribution < 1.29 is 112 Å². The van der Waals surface area contributed by atoms with Crippen molar-refractivity contribution in [1.82, 2.24) is 0 Å². The normalized spacial score (nSPS) is 14.4. The summed E-state index contributed by atoms with van der Waals surface area (Å²) in [6.45, 7) is 8.89. The van der Waals surface area contributed by atoms with Crippen molar-refractivity contribution in [2.24, 2.45) is 0 Å². The molecule has 0 aromatic rings. The summed E-state index contributed by atoms with van der Waals surface area (Å²) in [4.78, 5) is 10.7. The number of rotatable bonds is 10. The Hall–Kier alpha value is 3.25. The SMILES string of the molecule is C/C=C(/C)C(F)(F)C(F)C(C)(F)F.CC(F)(F)C(F)=C(F)F.CCC(C)(OC(C)=O)C(F)(F)C(F)C(C)(F)F.CCC(C)O.I.II.I[I-]I.[2H]P.[V]. The largest absolute Gasteiger partial charge is 0.153 e. The molecule has 1 radical (unpaired) electrons. The quantitative estimate of drug-likeness (QED) is 0.0780. The van der Waals surface area contributed by atoms with Gasteiger partial charge in [0, 0.05) is 83.5 Å². The van der Waals surface area contributed by atoms with Gasteiger partial charge in [0.2, 0.25) is 18.2 Å². The average Bonchev–Trinajstić information content (AvgIpc) is 3.00. The second kappa shape index (κ2) is 36.1. The molecule has 0 aromatic carbocycles. The summed E-state index contributed by atoms with van der Waals surface area (Å²) in [5, 5.41) is 8.36. The molecule has 52 heavy (non-hydrogen) atoms.